The van der Waals surface area contributed by atoms with Crippen LogP contribution in [0.2, 0.25) is 0 Å². The molecule has 6 heteroatoms. The molecule has 1 aliphatic carbocycles. The third-order valence-corrected chi connectivity index (χ3v) is 3.67. The molecular weight excluding hydrogens is 261 g/mol. The van der Waals surface area contributed by atoms with Crippen LogP contribution in [-0.4, -0.2) is 36.2 Å². The molecule has 0 spiro atoms. The summed E-state index contributed by atoms with van der Waals surface area (Å²) < 4.78 is 18.5. The second-order valence-corrected chi connectivity index (χ2v) is 5.20. The molecular formula is C14H20FN3O2. The van der Waals surface area contributed by atoms with Crippen molar-refractivity contribution in [3.63, 3.8) is 0 Å². The van der Waals surface area contributed by atoms with E-state index in [4.69, 9.17) is 10.5 Å². The lowest BCUT2D eigenvalue weighted by Crippen LogP contribution is -2.47. The quantitative estimate of drug-likeness (QED) is 0.803. The van der Waals surface area contributed by atoms with E-state index in [1.165, 1.54) is 13.0 Å². The zero-order chi connectivity index (χ0) is 14.7. The minimum atomic E-state index is -0.406. The van der Waals surface area contributed by atoms with Gasteiger partial charge in [-0.3, -0.25) is 4.79 Å². The summed E-state index contributed by atoms with van der Waals surface area (Å²) in [5.41, 5.74) is 6.25. The molecule has 1 fully saturated rings. The fraction of sp³-hybridized carbons (Fsp3) is 0.571. The summed E-state index contributed by atoms with van der Waals surface area (Å²) in [4.78, 5) is 17.5. The van der Waals surface area contributed by atoms with Crippen molar-refractivity contribution < 1.29 is 13.9 Å². The van der Waals surface area contributed by atoms with Gasteiger partial charge in [-0.25, -0.2) is 9.38 Å². The minimum Gasteiger partial charge on any atom is -0.466 e. The maximum Gasteiger partial charge on any atom is 0.265 e. The van der Waals surface area contributed by atoms with E-state index in [9.17, 15) is 9.18 Å². The van der Waals surface area contributed by atoms with Crippen LogP contribution in [0.5, 0.6) is 0 Å². The highest BCUT2D eigenvalue weighted by Crippen LogP contribution is 2.30. The van der Waals surface area contributed by atoms with Crippen molar-refractivity contribution in [1.82, 2.24) is 4.90 Å². The van der Waals surface area contributed by atoms with E-state index in [0.29, 0.717) is 5.70 Å². The number of aliphatic imine (C=N–C) groups is 1. The molecule has 0 aromatic carbocycles. The fourth-order valence-corrected chi connectivity index (χ4v) is 2.72. The Bertz CT molecular complexity index is 461. The number of halogens is 1. The summed E-state index contributed by atoms with van der Waals surface area (Å²) in [6.45, 7) is 4.65. The number of rotatable bonds is 3. The second-order valence-electron chi connectivity index (χ2n) is 5.20. The molecule has 2 N–H and O–H groups in total. The highest BCUT2D eigenvalue weighted by atomic mass is 19.1. The number of nitrogens with two attached hydrogens (primary N) is 1. The second kappa shape index (κ2) is 6.17. The van der Waals surface area contributed by atoms with Crippen molar-refractivity contribution in [2.75, 3.05) is 6.61 Å². The zero-order valence-corrected chi connectivity index (χ0v) is 11.6. The third kappa shape index (κ3) is 3.07. The molecule has 110 valence electrons. The molecule has 0 atom stereocenters. The van der Waals surface area contributed by atoms with E-state index >= 15 is 0 Å². The summed E-state index contributed by atoms with van der Waals surface area (Å²) in [6.07, 6.45) is 4.60. The topological polar surface area (TPSA) is 67.9 Å². The first kappa shape index (κ1) is 14.7. The Morgan fingerprint density at radius 2 is 2.15 bits per heavy atom. The molecule has 2 rings (SSSR count). The Labute approximate surface area is 118 Å². The summed E-state index contributed by atoms with van der Waals surface area (Å²) in [6, 6.07) is 0.207. The van der Waals surface area contributed by atoms with Gasteiger partial charge in [-0.05, 0) is 45.4 Å². The predicted octanol–water partition coefficient (Wildman–Crippen LogP) is 1.86. The molecule has 1 saturated carbocycles. The number of hydrogen-bond acceptors (Lipinski definition) is 4. The van der Waals surface area contributed by atoms with Crippen molar-refractivity contribution in [2.45, 2.75) is 44.7 Å². The average molecular weight is 281 g/mol. The highest BCUT2D eigenvalue weighted by molar-refractivity contribution is 5.81. The molecule has 0 aromatic heterocycles. The van der Waals surface area contributed by atoms with Gasteiger partial charge in [0.25, 0.3) is 5.91 Å². The smallest absolute Gasteiger partial charge is 0.265 e. The van der Waals surface area contributed by atoms with Crippen LogP contribution in [0, 0.1) is 0 Å². The number of carbonyl (C=O) groups is 1. The normalized spacial score (nSPS) is 28.4. The molecule has 0 unspecified atom stereocenters. The maximum absolute atomic E-state index is 13.3. The van der Waals surface area contributed by atoms with Crippen molar-refractivity contribution in [3.05, 3.63) is 23.5 Å². The van der Waals surface area contributed by atoms with Crippen LogP contribution in [0.1, 0.15) is 32.6 Å². The lowest BCUT2D eigenvalue weighted by Gasteiger charge is -2.38. The molecule has 20 heavy (non-hydrogen) atoms. The van der Waals surface area contributed by atoms with Gasteiger partial charge < -0.3 is 15.4 Å². The largest absolute Gasteiger partial charge is 0.466 e. The minimum absolute atomic E-state index is 0.0218. The van der Waals surface area contributed by atoms with Crippen molar-refractivity contribution in [2.24, 2.45) is 10.7 Å². The van der Waals surface area contributed by atoms with Crippen LogP contribution in [0.15, 0.2) is 28.5 Å². The van der Waals surface area contributed by atoms with E-state index in [0.717, 1.165) is 25.7 Å². The monoisotopic (exact) mass is 281 g/mol. The van der Waals surface area contributed by atoms with Gasteiger partial charge in [0.15, 0.2) is 6.61 Å². The number of hydrogen-bond donors (Lipinski definition) is 1. The third-order valence-electron chi connectivity index (χ3n) is 3.67. The van der Waals surface area contributed by atoms with Crippen LogP contribution in [0.4, 0.5) is 4.39 Å². The molecule has 1 aliphatic heterocycles. The van der Waals surface area contributed by atoms with E-state index in [2.05, 4.69) is 11.7 Å². The Morgan fingerprint density at radius 3 is 2.70 bits per heavy atom. The number of nitrogens with zero attached hydrogens (tertiary/aromatic N) is 2. The lowest BCUT2D eigenvalue weighted by molar-refractivity contribution is -0.138. The van der Waals surface area contributed by atoms with Gasteiger partial charge in [0, 0.05) is 12.1 Å². The number of amides is 1. The number of ether oxygens (including phenoxy) is 1. The van der Waals surface area contributed by atoms with Crippen LogP contribution in [0.25, 0.3) is 0 Å². The van der Waals surface area contributed by atoms with Gasteiger partial charge in [-0.2, -0.15) is 0 Å². The first-order valence-electron chi connectivity index (χ1n) is 6.78. The van der Waals surface area contributed by atoms with Crippen LogP contribution in [-0.2, 0) is 9.53 Å². The van der Waals surface area contributed by atoms with Crippen LogP contribution < -0.4 is 5.73 Å². The van der Waals surface area contributed by atoms with Crippen LogP contribution in [0.3, 0.4) is 0 Å². The predicted molar refractivity (Wildman–Crippen MR) is 74.5 cm³/mol. The molecule has 5 nitrogen and oxygen atoms in total. The maximum atomic E-state index is 13.3. The van der Waals surface area contributed by atoms with Gasteiger partial charge in [0.05, 0.1) is 5.83 Å². The summed E-state index contributed by atoms with van der Waals surface area (Å²) in [5.74, 6) is -0.376. The van der Waals surface area contributed by atoms with E-state index in [1.807, 2.05) is 0 Å². The molecule has 1 amide bonds. The van der Waals surface area contributed by atoms with Gasteiger partial charge >= 0.3 is 0 Å². The van der Waals surface area contributed by atoms with Crippen LogP contribution >= 0.6 is 0 Å². The first-order chi connectivity index (χ1) is 9.52. The Balaban J connectivity index is 2.33. The average Bonchev–Trinajstić information content (AvgIpc) is 2.40. The molecule has 0 radical (unpaired) electrons. The highest BCUT2D eigenvalue weighted by Gasteiger charge is 2.34. The molecule has 0 bridgehead atoms. The SMILES string of the molecule is C=NC1=C(/C=C(\C)F)N(C2CCC(N)CC2)C(=O)CO1. The number of allylic oxidation sites excluding steroid dienone is 2. The zero-order valence-electron chi connectivity index (χ0n) is 11.6. The van der Waals surface area contributed by atoms with Gasteiger partial charge in [0.1, 0.15) is 5.70 Å². The summed E-state index contributed by atoms with van der Waals surface area (Å²) in [5, 5.41) is 0. The molecule has 1 heterocycles. The Hall–Kier alpha value is -1.69. The summed E-state index contributed by atoms with van der Waals surface area (Å²) >= 11 is 0. The van der Waals surface area contributed by atoms with E-state index in [1.54, 1.807) is 4.90 Å². The molecule has 0 aromatic rings. The van der Waals surface area contributed by atoms with Gasteiger partial charge in [0.2, 0.25) is 5.88 Å². The van der Waals surface area contributed by atoms with E-state index < -0.39 is 5.83 Å². The fourth-order valence-electron chi connectivity index (χ4n) is 2.72. The van der Waals surface area contributed by atoms with Gasteiger partial charge in [-0.15, -0.1) is 0 Å². The molecule has 0 saturated heterocycles. The van der Waals surface area contributed by atoms with Crippen molar-refractivity contribution >= 4 is 12.6 Å². The standard InChI is InChI=1S/C14H20FN3O2/c1-9(15)7-12-14(17-2)20-8-13(19)18(12)11-5-3-10(16)4-6-11/h7,10-11H,2-6,8,16H2,1H3/b9-7+. The number of carbonyl (C=O) groups excluding carboxylic acids is 1. The Kier molecular flexibility index (Phi) is 4.54. The van der Waals surface area contributed by atoms with Crippen molar-refractivity contribution in [3.8, 4) is 0 Å². The first-order valence-corrected chi connectivity index (χ1v) is 6.78. The lowest BCUT2D eigenvalue weighted by atomic mass is 9.90. The van der Waals surface area contributed by atoms with Gasteiger partial charge in [-0.1, -0.05) is 0 Å². The summed E-state index contributed by atoms with van der Waals surface area (Å²) in [7, 11) is 0. The van der Waals surface area contributed by atoms with E-state index in [-0.39, 0.29) is 30.5 Å². The Morgan fingerprint density at radius 1 is 1.50 bits per heavy atom. The van der Waals surface area contributed by atoms with Crippen molar-refractivity contribution in [1.29, 1.82) is 0 Å². The molecule has 2 aliphatic rings.